The van der Waals surface area contributed by atoms with E-state index in [9.17, 15) is 19.7 Å². The number of furan rings is 1. The molecule has 23 heavy (non-hydrogen) atoms. The summed E-state index contributed by atoms with van der Waals surface area (Å²) in [6.45, 7) is 1.05. The molecule has 1 aromatic carbocycles. The maximum atomic E-state index is 11.7. The third kappa shape index (κ3) is 4.07. The second-order valence-corrected chi connectivity index (χ2v) is 4.85. The van der Waals surface area contributed by atoms with E-state index in [-0.39, 0.29) is 22.0 Å². The van der Waals surface area contributed by atoms with Gasteiger partial charge in [0.1, 0.15) is 16.3 Å². The number of hydrogen-bond acceptors (Lipinski definition) is 6. The monoisotopic (exact) mass is 338 g/mol. The van der Waals surface area contributed by atoms with Gasteiger partial charge in [0.15, 0.2) is 6.61 Å². The first-order valence-corrected chi connectivity index (χ1v) is 6.71. The molecule has 0 aliphatic rings. The van der Waals surface area contributed by atoms with Crippen LogP contribution >= 0.6 is 11.6 Å². The minimum atomic E-state index is -0.700. The highest BCUT2D eigenvalue weighted by molar-refractivity contribution is 6.32. The highest BCUT2D eigenvalue weighted by Crippen LogP contribution is 2.27. The lowest BCUT2D eigenvalue weighted by molar-refractivity contribution is -0.384. The van der Waals surface area contributed by atoms with E-state index < -0.39 is 23.4 Å². The number of nitro benzene ring substituents is 1. The molecule has 0 aliphatic carbocycles. The maximum Gasteiger partial charge on any atom is 0.342 e. The minimum Gasteiger partial charge on any atom is -0.469 e. The first-order valence-electron chi connectivity index (χ1n) is 6.33. The molecule has 1 heterocycles. The third-order valence-corrected chi connectivity index (χ3v) is 3.16. The molecule has 9 heteroatoms. The Labute approximate surface area is 135 Å². The number of carbonyl (C=O) groups is 2. The van der Waals surface area contributed by atoms with Gasteiger partial charge in [0.2, 0.25) is 0 Å². The average Bonchev–Trinajstić information content (AvgIpc) is 2.92. The summed E-state index contributed by atoms with van der Waals surface area (Å²) in [5.74, 6) is -0.965. The summed E-state index contributed by atoms with van der Waals surface area (Å²) in [6, 6.07) is 5.23. The zero-order valence-corrected chi connectivity index (χ0v) is 12.6. The van der Waals surface area contributed by atoms with Crippen LogP contribution in [0.25, 0.3) is 0 Å². The largest absolute Gasteiger partial charge is 0.469 e. The Morgan fingerprint density at radius 1 is 1.39 bits per heavy atom. The molecule has 0 saturated carbocycles. The molecule has 1 N–H and O–H groups in total. The SMILES string of the molecule is Cc1occc1C(=O)OCC(=O)Nc1ccc(Cl)c([N+](=O)[O-])c1. The molecule has 0 unspecified atom stereocenters. The number of nitrogens with zero attached hydrogens (tertiary/aromatic N) is 1. The lowest BCUT2D eigenvalue weighted by Crippen LogP contribution is -2.21. The number of anilines is 1. The third-order valence-electron chi connectivity index (χ3n) is 2.84. The molecule has 0 bridgehead atoms. The van der Waals surface area contributed by atoms with E-state index in [2.05, 4.69) is 5.32 Å². The van der Waals surface area contributed by atoms with Crippen molar-refractivity contribution in [3.8, 4) is 0 Å². The van der Waals surface area contributed by atoms with Gasteiger partial charge in [0.05, 0.1) is 11.2 Å². The Kier molecular flexibility index (Phi) is 4.97. The van der Waals surface area contributed by atoms with Gasteiger partial charge in [-0.1, -0.05) is 11.6 Å². The van der Waals surface area contributed by atoms with Crippen molar-refractivity contribution in [2.45, 2.75) is 6.92 Å². The van der Waals surface area contributed by atoms with Gasteiger partial charge in [0.25, 0.3) is 11.6 Å². The Morgan fingerprint density at radius 2 is 2.13 bits per heavy atom. The van der Waals surface area contributed by atoms with E-state index in [1.807, 2.05) is 0 Å². The number of halogens is 1. The molecule has 2 rings (SSSR count). The summed E-state index contributed by atoms with van der Waals surface area (Å²) >= 11 is 5.67. The summed E-state index contributed by atoms with van der Waals surface area (Å²) in [4.78, 5) is 33.5. The Hall–Kier alpha value is -2.87. The first kappa shape index (κ1) is 16.5. The predicted molar refractivity (Wildman–Crippen MR) is 80.5 cm³/mol. The molecule has 2 aromatic rings. The smallest absolute Gasteiger partial charge is 0.342 e. The molecule has 120 valence electrons. The van der Waals surface area contributed by atoms with E-state index >= 15 is 0 Å². The molecule has 0 saturated heterocycles. The second-order valence-electron chi connectivity index (χ2n) is 4.44. The molecule has 8 nitrogen and oxygen atoms in total. The summed E-state index contributed by atoms with van der Waals surface area (Å²) in [6.07, 6.45) is 1.33. The van der Waals surface area contributed by atoms with Crippen molar-refractivity contribution in [2.75, 3.05) is 11.9 Å². The fourth-order valence-electron chi connectivity index (χ4n) is 1.73. The minimum absolute atomic E-state index is 0.0464. The Bertz CT molecular complexity index is 770. The van der Waals surface area contributed by atoms with Gasteiger partial charge in [-0.2, -0.15) is 0 Å². The van der Waals surface area contributed by atoms with Crippen LogP contribution in [-0.4, -0.2) is 23.4 Å². The van der Waals surface area contributed by atoms with Crippen molar-refractivity contribution < 1.29 is 23.7 Å². The van der Waals surface area contributed by atoms with Gasteiger partial charge in [-0.05, 0) is 25.1 Å². The zero-order valence-electron chi connectivity index (χ0n) is 11.9. The number of rotatable bonds is 5. The van der Waals surface area contributed by atoms with Gasteiger partial charge in [-0.25, -0.2) is 4.79 Å². The van der Waals surface area contributed by atoms with Crippen LogP contribution in [0.15, 0.2) is 34.9 Å². The number of nitro groups is 1. The molecule has 0 aliphatic heterocycles. The molecule has 0 atom stereocenters. The Morgan fingerprint density at radius 3 is 2.74 bits per heavy atom. The number of hydrogen-bond donors (Lipinski definition) is 1. The molecular weight excluding hydrogens is 328 g/mol. The number of aryl methyl sites for hydroxylation is 1. The van der Waals surface area contributed by atoms with Crippen LogP contribution in [0.4, 0.5) is 11.4 Å². The lowest BCUT2D eigenvalue weighted by Gasteiger charge is -2.06. The summed E-state index contributed by atoms with van der Waals surface area (Å²) in [7, 11) is 0. The van der Waals surface area contributed by atoms with Crippen molar-refractivity contribution >= 4 is 34.9 Å². The van der Waals surface area contributed by atoms with Crippen LogP contribution in [0.5, 0.6) is 0 Å². The summed E-state index contributed by atoms with van der Waals surface area (Å²) < 4.78 is 9.79. The van der Waals surface area contributed by atoms with E-state index in [1.54, 1.807) is 6.92 Å². The van der Waals surface area contributed by atoms with Crippen LogP contribution < -0.4 is 5.32 Å². The van der Waals surface area contributed by atoms with Crippen molar-refractivity contribution in [2.24, 2.45) is 0 Å². The van der Waals surface area contributed by atoms with E-state index in [4.69, 9.17) is 20.8 Å². The van der Waals surface area contributed by atoms with Gasteiger partial charge in [0, 0.05) is 11.8 Å². The maximum absolute atomic E-state index is 11.7. The summed E-state index contributed by atoms with van der Waals surface area (Å²) in [5, 5.41) is 13.1. The van der Waals surface area contributed by atoms with Crippen molar-refractivity contribution in [1.82, 2.24) is 0 Å². The van der Waals surface area contributed by atoms with Gasteiger partial charge < -0.3 is 14.5 Å². The number of esters is 1. The van der Waals surface area contributed by atoms with Crippen LogP contribution in [0, 0.1) is 17.0 Å². The van der Waals surface area contributed by atoms with Crippen LogP contribution in [0.2, 0.25) is 5.02 Å². The number of carbonyl (C=O) groups excluding carboxylic acids is 2. The number of amides is 1. The normalized spacial score (nSPS) is 10.2. The van der Waals surface area contributed by atoms with Crippen LogP contribution in [0.3, 0.4) is 0 Å². The zero-order chi connectivity index (χ0) is 17.0. The molecule has 0 fully saturated rings. The molecule has 0 spiro atoms. The highest BCUT2D eigenvalue weighted by Gasteiger charge is 2.16. The lowest BCUT2D eigenvalue weighted by atomic mass is 10.2. The molecule has 1 aromatic heterocycles. The quantitative estimate of drug-likeness (QED) is 0.509. The van der Waals surface area contributed by atoms with E-state index in [0.29, 0.717) is 5.76 Å². The Balaban J connectivity index is 1.95. The second kappa shape index (κ2) is 6.93. The molecule has 1 amide bonds. The van der Waals surface area contributed by atoms with Crippen molar-refractivity contribution in [1.29, 1.82) is 0 Å². The van der Waals surface area contributed by atoms with Crippen molar-refractivity contribution in [3.63, 3.8) is 0 Å². The van der Waals surface area contributed by atoms with Gasteiger partial charge in [-0.15, -0.1) is 0 Å². The van der Waals surface area contributed by atoms with E-state index in [1.165, 1.54) is 24.5 Å². The van der Waals surface area contributed by atoms with Crippen LogP contribution in [-0.2, 0) is 9.53 Å². The van der Waals surface area contributed by atoms with Gasteiger partial charge in [-0.3, -0.25) is 14.9 Å². The average molecular weight is 339 g/mol. The highest BCUT2D eigenvalue weighted by atomic mass is 35.5. The first-order chi connectivity index (χ1) is 10.9. The van der Waals surface area contributed by atoms with Gasteiger partial charge >= 0.3 is 5.97 Å². The molecular formula is C14H11ClN2O6. The molecule has 0 radical (unpaired) electrons. The fraction of sp³-hybridized carbons (Fsp3) is 0.143. The topological polar surface area (TPSA) is 112 Å². The predicted octanol–water partition coefficient (Wildman–Crippen LogP) is 2.95. The fourth-order valence-corrected chi connectivity index (χ4v) is 1.92. The van der Waals surface area contributed by atoms with Crippen molar-refractivity contribution in [3.05, 3.63) is 57.0 Å². The van der Waals surface area contributed by atoms with Crippen LogP contribution in [0.1, 0.15) is 16.1 Å². The standard InChI is InChI=1S/C14H11ClN2O6/c1-8-10(4-5-22-8)14(19)23-7-13(18)16-9-2-3-11(15)12(6-9)17(20)21/h2-6H,7H2,1H3,(H,16,18). The number of nitrogens with one attached hydrogen (secondary N) is 1. The summed E-state index contributed by atoms with van der Waals surface area (Å²) in [5.41, 5.74) is 0.0528. The van der Waals surface area contributed by atoms with E-state index in [0.717, 1.165) is 6.07 Å². The number of benzene rings is 1. The number of ether oxygens (including phenoxy) is 1.